The number of hydrogen-bond donors (Lipinski definition) is 1. The van der Waals surface area contributed by atoms with Crippen molar-refractivity contribution in [2.45, 2.75) is 51.6 Å². The van der Waals surface area contributed by atoms with E-state index < -0.39 is 0 Å². The van der Waals surface area contributed by atoms with E-state index in [9.17, 15) is 9.59 Å². The van der Waals surface area contributed by atoms with E-state index in [1.54, 1.807) is 0 Å². The molecular formula is C26H35N3O2. The zero-order valence-electron chi connectivity index (χ0n) is 19.4. The molecule has 1 fully saturated rings. The fourth-order valence-corrected chi connectivity index (χ4v) is 3.92. The predicted molar refractivity (Wildman–Crippen MR) is 125 cm³/mol. The molecule has 5 heteroatoms. The zero-order valence-corrected chi connectivity index (χ0v) is 19.4. The molecule has 2 aromatic carbocycles. The Bertz CT molecular complexity index is 890. The number of benzene rings is 2. The van der Waals surface area contributed by atoms with Gasteiger partial charge in [0.25, 0.3) is 11.8 Å². The molecule has 2 aromatic rings. The summed E-state index contributed by atoms with van der Waals surface area (Å²) in [6.07, 6.45) is 2.03. The Balaban J connectivity index is 1.54. The molecule has 0 saturated carbocycles. The summed E-state index contributed by atoms with van der Waals surface area (Å²) in [5.41, 5.74) is 3.58. The minimum absolute atomic E-state index is 0.0593. The number of carbonyl (C=O) groups is 2. The third kappa shape index (κ3) is 5.95. The summed E-state index contributed by atoms with van der Waals surface area (Å²) in [4.78, 5) is 29.5. The molecule has 0 atom stereocenters. The summed E-state index contributed by atoms with van der Waals surface area (Å²) >= 11 is 0. The standard InChI is InChI=1S/C26H35N3O2/c1-26(2,3)22-12-10-20(11-13-22)24(30)27-18-19-6-8-21(9-7-19)25(31)29(5)23-14-16-28(4)17-15-23/h6-13,23H,14-18H2,1-5H3,(H,27,30). The average molecular weight is 422 g/mol. The van der Waals surface area contributed by atoms with E-state index in [4.69, 9.17) is 0 Å². The SMILES string of the molecule is CN1CCC(N(C)C(=O)c2ccc(CNC(=O)c3ccc(C(C)(C)C)cc3)cc2)CC1. The van der Waals surface area contributed by atoms with Gasteiger partial charge in [0.15, 0.2) is 0 Å². The van der Waals surface area contributed by atoms with E-state index in [1.165, 1.54) is 5.56 Å². The van der Waals surface area contributed by atoms with Gasteiger partial charge < -0.3 is 15.1 Å². The van der Waals surface area contributed by atoms with Gasteiger partial charge in [0, 0.05) is 30.8 Å². The van der Waals surface area contributed by atoms with E-state index in [2.05, 4.69) is 38.0 Å². The molecule has 31 heavy (non-hydrogen) atoms. The second kappa shape index (κ2) is 9.65. The van der Waals surface area contributed by atoms with Crippen molar-refractivity contribution < 1.29 is 9.59 Å². The van der Waals surface area contributed by atoms with Gasteiger partial charge in [-0.2, -0.15) is 0 Å². The van der Waals surface area contributed by atoms with Crippen LogP contribution in [0.15, 0.2) is 48.5 Å². The van der Waals surface area contributed by atoms with Crippen LogP contribution in [0.2, 0.25) is 0 Å². The molecule has 1 N–H and O–H groups in total. The van der Waals surface area contributed by atoms with Crippen LogP contribution in [0, 0.1) is 0 Å². The summed E-state index contributed by atoms with van der Waals surface area (Å²) in [6.45, 7) is 8.95. The first-order valence-corrected chi connectivity index (χ1v) is 11.1. The van der Waals surface area contributed by atoms with E-state index >= 15 is 0 Å². The van der Waals surface area contributed by atoms with E-state index in [-0.39, 0.29) is 17.2 Å². The maximum Gasteiger partial charge on any atom is 0.253 e. The van der Waals surface area contributed by atoms with Gasteiger partial charge >= 0.3 is 0 Å². The molecule has 0 unspecified atom stereocenters. The lowest BCUT2D eigenvalue weighted by Crippen LogP contribution is -2.44. The first-order chi connectivity index (χ1) is 14.6. The van der Waals surface area contributed by atoms with Crippen molar-refractivity contribution in [2.75, 3.05) is 27.2 Å². The molecule has 0 spiro atoms. The number of rotatable bonds is 5. The van der Waals surface area contributed by atoms with Crippen LogP contribution in [0.25, 0.3) is 0 Å². The number of likely N-dealkylation sites (tertiary alicyclic amines) is 1. The summed E-state index contributed by atoms with van der Waals surface area (Å²) in [6, 6.07) is 15.6. The monoisotopic (exact) mass is 421 g/mol. The largest absolute Gasteiger partial charge is 0.348 e. The molecule has 1 saturated heterocycles. The van der Waals surface area contributed by atoms with Crippen molar-refractivity contribution in [3.63, 3.8) is 0 Å². The predicted octanol–water partition coefficient (Wildman–Crippen LogP) is 4.08. The van der Waals surface area contributed by atoms with Crippen molar-refractivity contribution in [1.82, 2.24) is 15.1 Å². The fraction of sp³-hybridized carbons (Fsp3) is 0.462. The second-order valence-corrected chi connectivity index (χ2v) is 9.66. The first-order valence-electron chi connectivity index (χ1n) is 11.1. The summed E-state index contributed by atoms with van der Waals surface area (Å²) in [5.74, 6) is -0.0355. The van der Waals surface area contributed by atoms with Crippen LogP contribution in [-0.4, -0.2) is 54.8 Å². The molecule has 1 aliphatic heterocycles. The van der Waals surface area contributed by atoms with Crippen LogP contribution in [-0.2, 0) is 12.0 Å². The van der Waals surface area contributed by atoms with Gasteiger partial charge in [-0.05, 0) is 73.8 Å². The van der Waals surface area contributed by atoms with Crippen molar-refractivity contribution in [3.8, 4) is 0 Å². The Morgan fingerprint density at radius 2 is 1.52 bits per heavy atom. The number of carbonyl (C=O) groups excluding carboxylic acids is 2. The Kier molecular flexibility index (Phi) is 7.16. The van der Waals surface area contributed by atoms with Gasteiger partial charge in [0.05, 0.1) is 0 Å². The lowest BCUT2D eigenvalue weighted by atomic mass is 9.87. The highest BCUT2D eigenvalue weighted by molar-refractivity contribution is 5.95. The molecule has 2 amide bonds. The highest BCUT2D eigenvalue weighted by Crippen LogP contribution is 2.22. The normalized spacial score (nSPS) is 15.5. The van der Waals surface area contributed by atoms with E-state index in [0.717, 1.165) is 31.5 Å². The highest BCUT2D eigenvalue weighted by Gasteiger charge is 2.24. The molecule has 0 radical (unpaired) electrons. The first kappa shape index (κ1) is 23.0. The van der Waals surface area contributed by atoms with Crippen LogP contribution in [0.1, 0.15) is 65.5 Å². The van der Waals surface area contributed by atoms with Gasteiger partial charge in [0.2, 0.25) is 0 Å². The third-order valence-electron chi connectivity index (χ3n) is 6.22. The topological polar surface area (TPSA) is 52.6 Å². The number of nitrogens with zero attached hydrogens (tertiary/aromatic N) is 2. The molecule has 1 aliphatic rings. The van der Waals surface area contributed by atoms with Gasteiger partial charge in [-0.15, -0.1) is 0 Å². The molecule has 3 rings (SSSR count). The molecule has 1 heterocycles. The van der Waals surface area contributed by atoms with Gasteiger partial charge in [-0.3, -0.25) is 9.59 Å². The van der Waals surface area contributed by atoms with Gasteiger partial charge in [-0.1, -0.05) is 45.0 Å². The maximum absolute atomic E-state index is 12.8. The lowest BCUT2D eigenvalue weighted by Gasteiger charge is -2.35. The maximum atomic E-state index is 12.8. The number of hydrogen-bond acceptors (Lipinski definition) is 3. The smallest absolute Gasteiger partial charge is 0.253 e. The third-order valence-corrected chi connectivity index (χ3v) is 6.22. The molecule has 0 aromatic heterocycles. The van der Waals surface area contributed by atoms with Crippen LogP contribution < -0.4 is 5.32 Å². The average Bonchev–Trinajstić information content (AvgIpc) is 2.77. The van der Waals surface area contributed by atoms with Gasteiger partial charge in [-0.25, -0.2) is 0 Å². The lowest BCUT2D eigenvalue weighted by molar-refractivity contribution is 0.0659. The summed E-state index contributed by atoms with van der Waals surface area (Å²) < 4.78 is 0. The van der Waals surface area contributed by atoms with Crippen molar-refractivity contribution in [3.05, 3.63) is 70.8 Å². The van der Waals surface area contributed by atoms with Crippen LogP contribution in [0.3, 0.4) is 0 Å². The summed E-state index contributed by atoms with van der Waals surface area (Å²) in [5, 5.41) is 2.96. The van der Waals surface area contributed by atoms with E-state index in [0.29, 0.717) is 23.7 Å². The minimum Gasteiger partial charge on any atom is -0.348 e. The number of piperidine rings is 1. The Morgan fingerprint density at radius 1 is 0.968 bits per heavy atom. The highest BCUT2D eigenvalue weighted by atomic mass is 16.2. The number of amides is 2. The van der Waals surface area contributed by atoms with Crippen molar-refractivity contribution in [2.24, 2.45) is 0 Å². The van der Waals surface area contributed by atoms with E-state index in [1.807, 2.05) is 60.5 Å². The van der Waals surface area contributed by atoms with Crippen molar-refractivity contribution >= 4 is 11.8 Å². The summed E-state index contributed by atoms with van der Waals surface area (Å²) in [7, 11) is 4.02. The number of nitrogens with one attached hydrogen (secondary N) is 1. The molecular weight excluding hydrogens is 386 g/mol. The minimum atomic E-state index is -0.0948. The Morgan fingerprint density at radius 3 is 2.06 bits per heavy atom. The van der Waals surface area contributed by atoms with Gasteiger partial charge in [0.1, 0.15) is 0 Å². The Hall–Kier alpha value is -2.66. The fourth-order valence-electron chi connectivity index (χ4n) is 3.92. The molecule has 0 bridgehead atoms. The Labute approximate surface area is 186 Å². The van der Waals surface area contributed by atoms with Crippen LogP contribution >= 0.6 is 0 Å². The quantitative estimate of drug-likeness (QED) is 0.791. The molecule has 166 valence electrons. The second-order valence-electron chi connectivity index (χ2n) is 9.66. The van der Waals surface area contributed by atoms with Crippen molar-refractivity contribution in [1.29, 1.82) is 0 Å². The zero-order chi connectivity index (χ0) is 22.6. The van der Waals surface area contributed by atoms with Crippen LogP contribution in [0.5, 0.6) is 0 Å². The molecule has 0 aliphatic carbocycles. The molecule has 5 nitrogen and oxygen atoms in total. The van der Waals surface area contributed by atoms with Crippen LogP contribution in [0.4, 0.5) is 0 Å².